The fourth-order valence-electron chi connectivity index (χ4n) is 4.09. The second kappa shape index (κ2) is 9.73. The summed E-state index contributed by atoms with van der Waals surface area (Å²) in [7, 11) is 0. The van der Waals surface area contributed by atoms with Crippen molar-refractivity contribution in [2.75, 3.05) is 26.2 Å². The van der Waals surface area contributed by atoms with Gasteiger partial charge >= 0.3 is 0 Å². The fraction of sp³-hybridized carbons (Fsp3) is 0.296. The summed E-state index contributed by atoms with van der Waals surface area (Å²) in [5.41, 5.74) is 5.23. The lowest BCUT2D eigenvalue weighted by atomic mass is 9.96. The molecule has 3 heteroatoms. The standard InChI is InChI=1S/C27H31N3/c1-22(2)24-15-13-23(14-16-24)21-28-30-19-17-29(18-20-30)27(25-9-5-3-6-10-25)26-11-7-4-8-12-26/h3-16,21-22,27H,17-20H2,1-2H3/b28-21-. The Labute approximate surface area is 180 Å². The molecule has 0 unspecified atom stereocenters. The van der Waals surface area contributed by atoms with Crippen LogP contribution in [0.1, 0.15) is 48.1 Å². The molecule has 3 aromatic carbocycles. The molecule has 30 heavy (non-hydrogen) atoms. The molecule has 0 aliphatic carbocycles. The van der Waals surface area contributed by atoms with Gasteiger partial charge in [-0.15, -0.1) is 0 Å². The van der Waals surface area contributed by atoms with Crippen molar-refractivity contribution in [3.8, 4) is 0 Å². The Bertz CT molecular complexity index is 885. The number of nitrogens with zero attached hydrogens (tertiary/aromatic N) is 3. The second-order valence-corrected chi connectivity index (χ2v) is 8.28. The summed E-state index contributed by atoms with van der Waals surface area (Å²) in [4.78, 5) is 2.58. The highest BCUT2D eigenvalue weighted by atomic mass is 15.5. The van der Waals surface area contributed by atoms with Gasteiger partial charge in [-0.05, 0) is 28.2 Å². The third-order valence-electron chi connectivity index (χ3n) is 5.86. The maximum absolute atomic E-state index is 4.75. The number of benzene rings is 3. The van der Waals surface area contributed by atoms with E-state index in [4.69, 9.17) is 5.10 Å². The van der Waals surface area contributed by atoms with Gasteiger partial charge in [0, 0.05) is 26.2 Å². The largest absolute Gasteiger partial charge is 0.294 e. The van der Waals surface area contributed by atoms with Crippen LogP contribution >= 0.6 is 0 Å². The van der Waals surface area contributed by atoms with Crippen molar-refractivity contribution in [3.63, 3.8) is 0 Å². The first-order valence-corrected chi connectivity index (χ1v) is 10.9. The van der Waals surface area contributed by atoms with Gasteiger partial charge in [-0.1, -0.05) is 98.8 Å². The average molecular weight is 398 g/mol. The second-order valence-electron chi connectivity index (χ2n) is 8.28. The molecule has 4 rings (SSSR count). The predicted molar refractivity (Wildman–Crippen MR) is 126 cm³/mol. The van der Waals surface area contributed by atoms with Crippen molar-refractivity contribution in [2.45, 2.75) is 25.8 Å². The van der Waals surface area contributed by atoms with E-state index in [1.165, 1.54) is 16.7 Å². The number of hydrogen-bond donors (Lipinski definition) is 0. The number of hydrazone groups is 1. The number of hydrogen-bond acceptors (Lipinski definition) is 3. The summed E-state index contributed by atoms with van der Waals surface area (Å²) in [5.74, 6) is 0.561. The minimum atomic E-state index is 0.294. The molecular weight excluding hydrogens is 366 g/mol. The van der Waals surface area contributed by atoms with Gasteiger partial charge in [0.2, 0.25) is 0 Å². The summed E-state index contributed by atoms with van der Waals surface area (Å²) in [5, 5.41) is 6.94. The Morgan fingerprint density at radius 3 is 1.70 bits per heavy atom. The van der Waals surface area contributed by atoms with Gasteiger partial charge in [-0.2, -0.15) is 5.10 Å². The third-order valence-corrected chi connectivity index (χ3v) is 5.86. The quantitative estimate of drug-likeness (QED) is 0.508. The first-order chi connectivity index (χ1) is 14.7. The maximum Gasteiger partial charge on any atom is 0.0603 e. The van der Waals surface area contributed by atoms with Gasteiger partial charge in [-0.25, -0.2) is 0 Å². The van der Waals surface area contributed by atoms with Gasteiger partial charge in [0.25, 0.3) is 0 Å². The zero-order chi connectivity index (χ0) is 20.8. The molecule has 154 valence electrons. The Hall–Kier alpha value is -2.91. The van der Waals surface area contributed by atoms with Crippen LogP contribution in [0, 0.1) is 0 Å². The van der Waals surface area contributed by atoms with E-state index in [1.807, 2.05) is 6.21 Å². The van der Waals surface area contributed by atoms with Crippen molar-refractivity contribution >= 4 is 6.21 Å². The SMILES string of the molecule is CC(C)c1ccc(/C=N\N2CCN(C(c3ccccc3)c3ccccc3)CC2)cc1. The summed E-state index contributed by atoms with van der Waals surface area (Å²) in [6, 6.07) is 30.7. The van der Waals surface area contributed by atoms with Gasteiger partial charge < -0.3 is 0 Å². The number of rotatable bonds is 6. The smallest absolute Gasteiger partial charge is 0.0603 e. The van der Waals surface area contributed by atoms with Gasteiger partial charge in [0.1, 0.15) is 0 Å². The highest BCUT2D eigenvalue weighted by Crippen LogP contribution is 2.29. The van der Waals surface area contributed by atoms with Crippen molar-refractivity contribution in [1.29, 1.82) is 0 Å². The minimum Gasteiger partial charge on any atom is -0.294 e. The molecule has 0 radical (unpaired) electrons. The van der Waals surface area contributed by atoms with Crippen LogP contribution in [0.2, 0.25) is 0 Å². The molecule has 0 N–H and O–H groups in total. The molecule has 3 aromatic rings. The molecule has 1 fully saturated rings. The van der Waals surface area contributed by atoms with E-state index in [0.717, 1.165) is 31.7 Å². The maximum atomic E-state index is 4.75. The monoisotopic (exact) mass is 397 g/mol. The van der Waals surface area contributed by atoms with Gasteiger partial charge in [0.05, 0.1) is 12.3 Å². The van der Waals surface area contributed by atoms with Crippen LogP contribution in [0.3, 0.4) is 0 Å². The van der Waals surface area contributed by atoms with E-state index < -0.39 is 0 Å². The van der Waals surface area contributed by atoms with Crippen LogP contribution in [-0.2, 0) is 0 Å². The Morgan fingerprint density at radius 2 is 1.20 bits per heavy atom. The molecule has 1 saturated heterocycles. The summed E-state index contributed by atoms with van der Waals surface area (Å²) < 4.78 is 0. The lowest BCUT2D eigenvalue weighted by Gasteiger charge is -2.38. The first-order valence-electron chi connectivity index (χ1n) is 10.9. The summed E-state index contributed by atoms with van der Waals surface area (Å²) in [6.45, 7) is 8.32. The molecule has 0 amide bonds. The van der Waals surface area contributed by atoms with E-state index in [-0.39, 0.29) is 0 Å². The molecule has 0 atom stereocenters. The molecule has 1 aliphatic rings. The van der Waals surface area contributed by atoms with E-state index in [1.54, 1.807) is 0 Å². The van der Waals surface area contributed by atoms with Crippen molar-refractivity contribution in [1.82, 2.24) is 9.91 Å². The van der Waals surface area contributed by atoms with E-state index in [9.17, 15) is 0 Å². The van der Waals surface area contributed by atoms with Crippen LogP contribution in [0.5, 0.6) is 0 Å². The normalized spacial score (nSPS) is 15.4. The Morgan fingerprint density at radius 1 is 0.667 bits per heavy atom. The lowest BCUT2D eigenvalue weighted by molar-refractivity contribution is 0.113. The molecular formula is C27H31N3. The fourth-order valence-corrected chi connectivity index (χ4v) is 4.09. The van der Waals surface area contributed by atoms with Crippen LogP contribution < -0.4 is 0 Å². The van der Waals surface area contributed by atoms with Crippen molar-refractivity contribution in [3.05, 3.63) is 107 Å². The molecule has 1 aliphatic heterocycles. The van der Waals surface area contributed by atoms with Gasteiger partial charge in [0.15, 0.2) is 0 Å². The van der Waals surface area contributed by atoms with Crippen molar-refractivity contribution in [2.24, 2.45) is 5.10 Å². The van der Waals surface area contributed by atoms with Crippen LogP contribution in [0.15, 0.2) is 90.0 Å². The molecule has 0 bridgehead atoms. The Balaban J connectivity index is 1.42. The van der Waals surface area contributed by atoms with Crippen LogP contribution in [0.25, 0.3) is 0 Å². The molecule has 0 saturated carbocycles. The molecule has 0 aromatic heterocycles. The van der Waals surface area contributed by atoms with E-state index in [0.29, 0.717) is 12.0 Å². The van der Waals surface area contributed by atoms with Gasteiger partial charge in [-0.3, -0.25) is 9.91 Å². The van der Waals surface area contributed by atoms with E-state index in [2.05, 4.69) is 109 Å². The zero-order valence-electron chi connectivity index (χ0n) is 18.0. The van der Waals surface area contributed by atoms with E-state index >= 15 is 0 Å². The topological polar surface area (TPSA) is 18.8 Å². The summed E-state index contributed by atoms with van der Waals surface area (Å²) in [6.07, 6.45) is 1.99. The lowest BCUT2D eigenvalue weighted by Crippen LogP contribution is -2.45. The molecule has 0 spiro atoms. The summed E-state index contributed by atoms with van der Waals surface area (Å²) >= 11 is 0. The third kappa shape index (κ3) is 4.98. The molecule has 1 heterocycles. The van der Waals surface area contributed by atoms with Crippen LogP contribution in [0.4, 0.5) is 0 Å². The van der Waals surface area contributed by atoms with Crippen LogP contribution in [-0.4, -0.2) is 42.3 Å². The predicted octanol–water partition coefficient (Wildman–Crippen LogP) is 5.55. The van der Waals surface area contributed by atoms with Crippen molar-refractivity contribution < 1.29 is 0 Å². The zero-order valence-corrected chi connectivity index (χ0v) is 18.0. The molecule has 3 nitrogen and oxygen atoms in total. The Kier molecular flexibility index (Phi) is 6.60. The first kappa shape index (κ1) is 20.4. The highest BCUT2D eigenvalue weighted by molar-refractivity contribution is 5.79. The number of piperazine rings is 1. The average Bonchev–Trinajstić information content (AvgIpc) is 2.80. The highest BCUT2D eigenvalue weighted by Gasteiger charge is 2.25. The minimum absolute atomic E-state index is 0.294.